The van der Waals surface area contributed by atoms with Crippen LogP contribution >= 0.6 is 0 Å². The van der Waals surface area contributed by atoms with E-state index in [4.69, 9.17) is 10.5 Å². The second-order valence-corrected chi connectivity index (χ2v) is 5.86. The van der Waals surface area contributed by atoms with Crippen LogP contribution in [0.5, 0.6) is 0 Å². The minimum atomic E-state index is 0.102. The van der Waals surface area contributed by atoms with Crippen molar-refractivity contribution >= 4 is 5.82 Å². The van der Waals surface area contributed by atoms with Crippen LogP contribution in [0.4, 0.5) is 5.82 Å². The number of nitrogens with two attached hydrogens (primary N) is 1. The SMILES string of the molecule is CNC(c1c(C)ccnc1N)C1CN2CCCC2CO1. The van der Waals surface area contributed by atoms with Crippen LogP contribution in [0.25, 0.3) is 0 Å². The van der Waals surface area contributed by atoms with Crippen LogP contribution in [0.2, 0.25) is 0 Å². The van der Waals surface area contributed by atoms with Gasteiger partial charge in [-0.1, -0.05) is 0 Å². The minimum Gasteiger partial charge on any atom is -0.383 e. The lowest BCUT2D eigenvalue weighted by Crippen LogP contribution is -2.50. The molecule has 5 heteroatoms. The Morgan fingerprint density at radius 3 is 3.15 bits per heavy atom. The Balaban J connectivity index is 1.83. The second-order valence-electron chi connectivity index (χ2n) is 5.86. The molecule has 3 unspecified atom stereocenters. The molecule has 2 fully saturated rings. The Bertz CT molecular complexity index is 459. The third-order valence-corrected chi connectivity index (χ3v) is 4.65. The topological polar surface area (TPSA) is 63.4 Å². The van der Waals surface area contributed by atoms with E-state index in [1.165, 1.54) is 24.9 Å². The van der Waals surface area contributed by atoms with Crippen molar-refractivity contribution in [3.63, 3.8) is 0 Å². The Kier molecular flexibility index (Phi) is 3.92. The lowest BCUT2D eigenvalue weighted by molar-refractivity contribution is -0.0642. The molecule has 3 heterocycles. The number of aromatic nitrogens is 1. The van der Waals surface area contributed by atoms with E-state index in [0.29, 0.717) is 11.9 Å². The minimum absolute atomic E-state index is 0.102. The fraction of sp³-hybridized carbons (Fsp3) is 0.667. The van der Waals surface area contributed by atoms with Gasteiger partial charge in [-0.2, -0.15) is 0 Å². The fourth-order valence-corrected chi connectivity index (χ4v) is 3.56. The van der Waals surface area contributed by atoms with Gasteiger partial charge in [-0.25, -0.2) is 4.98 Å². The van der Waals surface area contributed by atoms with Crippen LogP contribution in [0.3, 0.4) is 0 Å². The Morgan fingerprint density at radius 2 is 2.40 bits per heavy atom. The highest BCUT2D eigenvalue weighted by molar-refractivity contribution is 5.46. The molecule has 0 bridgehead atoms. The molecule has 1 aromatic heterocycles. The van der Waals surface area contributed by atoms with Gasteiger partial charge >= 0.3 is 0 Å². The predicted octanol–water partition coefficient (Wildman–Crippen LogP) is 1.10. The lowest BCUT2D eigenvalue weighted by atomic mass is 9.96. The summed E-state index contributed by atoms with van der Waals surface area (Å²) >= 11 is 0. The van der Waals surface area contributed by atoms with Crippen molar-refractivity contribution < 1.29 is 4.74 Å². The van der Waals surface area contributed by atoms with E-state index in [9.17, 15) is 0 Å². The lowest BCUT2D eigenvalue weighted by Gasteiger charge is -2.39. The number of rotatable bonds is 3. The first kappa shape index (κ1) is 13.8. The molecule has 0 amide bonds. The summed E-state index contributed by atoms with van der Waals surface area (Å²) in [5, 5.41) is 3.38. The molecule has 5 nitrogen and oxygen atoms in total. The standard InChI is InChI=1S/C15H24N4O/c1-10-5-6-18-15(16)13(10)14(17-2)12-8-19-7-3-4-11(19)9-20-12/h5-6,11-12,14,17H,3-4,7-9H2,1-2H3,(H2,16,18). The van der Waals surface area contributed by atoms with E-state index in [2.05, 4.69) is 22.1 Å². The van der Waals surface area contributed by atoms with Gasteiger partial charge in [-0.3, -0.25) is 4.90 Å². The number of morpholine rings is 1. The van der Waals surface area contributed by atoms with E-state index in [1.807, 2.05) is 13.1 Å². The van der Waals surface area contributed by atoms with Crippen LogP contribution in [-0.2, 0) is 4.74 Å². The van der Waals surface area contributed by atoms with Crippen molar-refractivity contribution in [1.82, 2.24) is 15.2 Å². The molecule has 2 aliphatic rings. The van der Waals surface area contributed by atoms with Crippen molar-refractivity contribution in [1.29, 1.82) is 0 Å². The number of ether oxygens (including phenoxy) is 1. The average molecular weight is 276 g/mol. The number of hydrogen-bond acceptors (Lipinski definition) is 5. The Hall–Kier alpha value is -1.17. The number of likely N-dealkylation sites (N-methyl/N-ethyl adjacent to an activating group) is 1. The van der Waals surface area contributed by atoms with Crippen LogP contribution in [0, 0.1) is 6.92 Å². The Labute approximate surface area is 120 Å². The van der Waals surface area contributed by atoms with Crippen LogP contribution in [0.15, 0.2) is 12.3 Å². The molecule has 0 radical (unpaired) electrons. The number of fused-ring (bicyclic) bond motifs is 1. The maximum atomic E-state index is 6.12. The summed E-state index contributed by atoms with van der Waals surface area (Å²) in [5.41, 5.74) is 8.34. The zero-order chi connectivity index (χ0) is 14.1. The van der Waals surface area contributed by atoms with Crippen molar-refractivity contribution in [3.05, 3.63) is 23.4 Å². The molecule has 3 rings (SSSR count). The van der Waals surface area contributed by atoms with Crippen molar-refractivity contribution in [2.24, 2.45) is 0 Å². The molecular weight excluding hydrogens is 252 g/mol. The number of pyridine rings is 1. The van der Waals surface area contributed by atoms with Crippen LogP contribution in [0.1, 0.15) is 30.0 Å². The molecule has 0 spiro atoms. The van der Waals surface area contributed by atoms with Gasteiger partial charge in [-0.05, 0) is 45.0 Å². The van der Waals surface area contributed by atoms with Gasteiger partial charge in [-0.15, -0.1) is 0 Å². The van der Waals surface area contributed by atoms with Gasteiger partial charge in [0.25, 0.3) is 0 Å². The van der Waals surface area contributed by atoms with Crippen molar-refractivity contribution in [2.75, 3.05) is 32.5 Å². The molecule has 3 N–H and O–H groups in total. The number of nitrogen functional groups attached to an aromatic ring is 1. The molecule has 1 aromatic rings. The molecular formula is C15H24N4O. The summed E-state index contributed by atoms with van der Waals surface area (Å²) in [7, 11) is 1.97. The first-order valence-corrected chi connectivity index (χ1v) is 7.44. The number of hydrogen-bond donors (Lipinski definition) is 2. The largest absolute Gasteiger partial charge is 0.383 e. The number of aryl methyl sites for hydroxylation is 1. The molecule has 0 aromatic carbocycles. The summed E-state index contributed by atoms with van der Waals surface area (Å²) in [6, 6.07) is 2.73. The molecule has 0 saturated carbocycles. The van der Waals surface area contributed by atoms with Crippen LogP contribution < -0.4 is 11.1 Å². The third-order valence-electron chi connectivity index (χ3n) is 4.65. The van der Waals surface area contributed by atoms with E-state index < -0.39 is 0 Å². The molecule has 20 heavy (non-hydrogen) atoms. The molecule has 2 saturated heterocycles. The van der Waals surface area contributed by atoms with Crippen molar-refractivity contribution in [2.45, 2.75) is 38.0 Å². The fourth-order valence-electron chi connectivity index (χ4n) is 3.56. The summed E-state index contributed by atoms with van der Waals surface area (Å²) in [6.07, 6.45) is 4.46. The van der Waals surface area contributed by atoms with Crippen LogP contribution in [-0.4, -0.2) is 48.8 Å². The second kappa shape index (κ2) is 5.68. The normalized spacial score (nSPS) is 28.3. The zero-order valence-corrected chi connectivity index (χ0v) is 12.3. The zero-order valence-electron chi connectivity index (χ0n) is 12.3. The van der Waals surface area contributed by atoms with Gasteiger partial charge in [0.1, 0.15) is 5.82 Å². The predicted molar refractivity (Wildman–Crippen MR) is 79.5 cm³/mol. The highest BCUT2D eigenvalue weighted by Gasteiger charge is 2.36. The van der Waals surface area contributed by atoms with E-state index >= 15 is 0 Å². The molecule has 2 aliphatic heterocycles. The van der Waals surface area contributed by atoms with E-state index in [-0.39, 0.29) is 12.1 Å². The maximum Gasteiger partial charge on any atom is 0.128 e. The number of nitrogens with one attached hydrogen (secondary N) is 1. The number of anilines is 1. The molecule has 110 valence electrons. The molecule has 0 aliphatic carbocycles. The Morgan fingerprint density at radius 1 is 1.55 bits per heavy atom. The summed E-state index contributed by atoms with van der Waals surface area (Å²) in [5.74, 6) is 0.608. The average Bonchev–Trinajstić information content (AvgIpc) is 2.90. The van der Waals surface area contributed by atoms with Gasteiger partial charge in [0.2, 0.25) is 0 Å². The smallest absolute Gasteiger partial charge is 0.128 e. The summed E-state index contributed by atoms with van der Waals surface area (Å²) in [4.78, 5) is 6.79. The van der Waals surface area contributed by atoms with Gasteiger partial charge < -0.3 is 15.8 Å². The van der Waals surface area contributed by atoms with Crippen molar-refractivity contribution in [3.8, 4) is 0 Å². The summed E-state index contributed by atoms with van der Waals surface area (Å²) < 4.78 is 6.12. The number of nitrogens with zero attached hydrogens (tertiary/aromatic N) is 2. The quantitative estimate of drug-likeness (QED) is 0.865. The highest BCUT2D eigenvalue weighted by Crippen LogP contribution is 2.31. The van der Waals surface area contributed by atoms with Gasteiger partial charge in [0, 0.05) is 24.3 Å². The van der Waals surface area contributed by atoms with E-state index in [1.54, 1.807) is 6.20 Å². The van der Waals surface area contributed by atoms with E-state index in [0.717, 1.165) is 18.7 Å². The first-order valence-electron chi connectivity index (χ1n) is 7.44. The third kappa shape index (κ3) is 2.41. The highest BCUT2D eigenvalue weighted by atomic mass is 16.5. The first-order chi connectivity index (χ1) is 9.70. The molecule has 3 atom stereocenters. The van der Waals surface area contributed by atoms with Gasteiger partial charge in [0.15, 0.2) is 0 Å². The summed E-state index contributed by atoms with van der Waals surface area (Å²) in [6.45, 7) is 5.09. The maximum absolute atomic E-state index is 6.12. The van der Waals surface area contributed by atoms with Gasteiger partial charge in [0.05, 0.1) is 18.8 Å². The monoisotopic (exact) mass is 276 g/mol.